The van der Waals surface area contributed by atoms with Crippen LogP contribution in [0.3, 0.4) is 0 Å². The molecule has 0 aromatic rings. The van der Waals surface area contributed by atoms with Gasteiger partial charge in [-0.25, -0.2) is 4.79 Å². The molecule has 1 aliphatic rings. The molecule has 1 aliphatic carbocycles. The van der Waals surface area contributed by atoms with Crippen molar-refractivity contribution in [3.8, 4) is 0 Å². The van der Waals surface area contributed by atoms with Gasteiger partial charge in [0, 0.05) is 5.25 Å². The predicted molar refractivity (Wildman–Crippen MR) is 50.3 cm³/mol. The number of amides is 2. The van der Waals surface area contributed by atoms with Crippen molar-refractivity contribution in [2.75, 3.05) is 0 Å². The van der Waals surface area contributed by atoms with Crippen LogP contribution in [0.4, 0.5) is 4.79 Å². The highest BCUT2D eigenvalue weighted by atomic mass is 32.2. The number of urea groups is 1. The van der Waals surface area contributed by atoms with E-state index in [1.54, 1.807) is 11.9 Å². The summed E-state index contributed by atoms with van der Waals surface area (Å²) in [6.45, 7) is 0. The second-order valence-corrected chi connectivity index (χ2v) is 4.08. The van der Waals surface area contributed by atoms with Crippen LogP contribution in [0.15, 0.2) is 0 Å². The zero-order valence-electron chi connectivity index (χ0n) is 7.01. The van der Waals surface area contributed by atoms with Gasteiger partial charge in [0.1, 0.15) is 0 Å². The summed E-state index contributed by atoms with van der Waals surface area (Å²) < 4.78 is 0. The van der Waals surface area contributed by atoms with Crippen molar-refractivity contribution in [3.05, 3.63) is 0 Å². The monoisotopic (exact) mass is 189 g/mol. The number of hydrogen-bond acceptors (Lipinski definition) is 3. The van der Waals surface area contributed by atoms with E-state index < -0.39 is 6.03 Å². The number of hydrazine groups is 1. The summed E-state index contributed by atoms with van der Waals surface area (Å²) in [6, 6.07) is -0.529. The SMILES string of the molecule is NC(=O)NNSC1CCCCC1. The largest absolute Gasteiger partial charge is 0.351 e. The highest BCUT2D eigenvalue weighted by molar-refractivity contribution is 7.97. The Morgan fingerprint density at radius 1 is 1.33 bits per heavy atom. The van der Waals surface area contributed by atoms with Crippen LogP contribution in [0.25, 0.3) is 0 Å². The fraction of sp³-hybridized carbons (Fsp3) is 0.857. The molecule has 5 heteroatoms. The van der Waals surface area contributed by atoms with E-state index in [0.717, 1.165) is 0 Å². The molecule has 1 rings (SSSR count). The van der Waals surface area contributed by atoms with Gasteiger partial charge in [-0.15, -0.1) is 0 Å². The van der Waals surface area contributed by atoms with Crippen LogP contribution in [-0.2, 0) is 0 Å². The number of carbonyl (C=O) groups is 1. The van der Waals surface area contributed by atoms with Gasteiger partial charge in [0.2, 0.25) is 0 Å². The summed E-state index contributed by atoms with van der Waals surface area (Å²) >= 11 is 1.56. The Labute approximate surface area is 76.8 Å². The van der Waals surface area contributed by atoms with Gasteiger partial charge >= 0.3 is 6.03 Å². The van der Waals surface area contributed by atoms with Gasteiger partial charge < -0.3 is 5.73 Å². The molecule has 0 bridgehead atoms. The molecule has 1 saturated carbocycles. The normalized spacial score (nSPS) is 19.0. The van der Waals surface area contributed by atoms with Crippen LogP contribution in [0.5, 0.6) is 0 Å². The number of hydrogen-bond donors (Lipinski definition) is 3. The molecule has 0 spiro atoms. The molecule has 4 nitrogen and oxygen atoms in total. The van der Waals surface area contributed by atoms with E-state index >= 15 is 0 Å². The average Bonchev–Trinajstić information content (AvgIpc) is 2.05. The summed E-state index contributed by atoms with van der Waals surface area (Å²) in [6.07, 6.45) is 6.42. The van der Waals surface area contributed by atoms with Gasteiger partial charge in [-0.3, -0.25) is 5.43 Å². The van der Waals surface area contributed by atoms with E-state index in [2.05, 4.69) is 10.3 Å². The Hall–Kier alpha value is -0.420. The molecule has 0 heterocycles. The van der Waals surface area contributed by atoms with Gasteiger partial charge in [0.15, 0.2) is 0 Å². The standard InChI is InChI=1S/C7H15N3OS/c8-7(11)9-10-12-6-4-2-1-3-5-6/h6,10H,1-5H2,(H3,8,9,11). The number of nitrogens with two attached hydrogens (primary N) is 1. The van der Waals surface area contributed by atoms with Crippen LogP contribution in [0, 0.1) is 0 Å². The summed E-state index contributed by atoms with van der Waals surface area (Å²) in [5.41, 5.74) is 7.23. The molecule has 1 fully saturated rings. The van der Waals surface area contributed by atoms with Gasteiger partial charge in [-0.1, -0.05) is 31.2 Å². The van der Waals surface area contributed by atoms with Gasteiger partial charge in [0.05, 0.1) is 0 Å². The second kappa shape index (κ2) is 5.27. The summed E-state index contributed by atoms with van der Waals surface area (Å²) in [4.78, 5) is 13.0. The first kappa shape index (κ1) is 9.67. The Kier molecular flexibility index (Phi) is 4.24. The molecule has 70 valence electrons. The van der Waals surface area contributed by atoms with E-state index in [1.165, 1.54) is 32.1 Å². The fourth-order valence-corrected chi connectivity index (χ4v) is 2.24. The average molecular weight is 189 g/mol. The Morgan fingerprint density at radius 2 is 2.00 bits per heavy atom. The second-order valence-electron chi connectivity index (χ2n) is 2.97. The molecular weight excluding hydrogens is 174 g/mol. The minimum Gasteiger partial charge on any atom is -0.351 e. The molecule has 0 saturated heterocycles. The Balaban J connectivity index is 2.01. The Bertz CT molecular complexity index is 148. The van der Waals surface area contributed by atoms with Crippen LogP contribution in [0.1, 0.15) is 32.1 Å². The first-order valence-electron chi connectivity index (χ1n) is 4.25. The minimum absolute atomic E-state index is 0.529. The first-order chi connectivity index (χ1) is 5.79. The van der Waals surface area contributed by atoms with Crippen molar-refractivity contribution in [1.82, 2.24) is 10.3 Å². The lowest BCUT2D eigenvalue weighted by atomic mass is 10.0. The third-order valence-electron chi connectivity index (χ3n) is 1.95. The van der Waals surface area contributed by atoms with Gasteiger partial charge in [-0.2, -0.15) is 4.83 Å². The summed E-state index contributed by atoms with van der Waals surface area (Å²) in [7, 11) is 0. The maximum Gasteiger partial charge on any atom is 0.327 e. The highest BCUT2D eigenvalue weighted by Gasteiger charge is 2.13. The molecule has 12 heavy (non-hydrogen) atoms. The lowest BCUT2D eigenvalue weighted by Gasteiger charge is -2.20. The van der Waals surface area contributed by atoms with Crippen LogP contribution in [0.2, 0.25) is 0 Å². The van der Waals surface area contributed by atoms with Crippen molar-refractivity contribution in [1.29, 1.82) is 0 Å². The van der Waals surface area contributed by atoms with Crippen LogP contribution >= 0.6 is 11.9 Å². The number of rotatable bonds is 3. The topological polar surface area (TPSA) is 67.2 Å². The van der Waals surface area contributed by atoms with Crippen molar-refractivity contribution >= 4 is 18.0 Å². The number of nitrogens with one attached hydrogen (secondary N) is 2. The fourth-order valence-electron chi connectivity index (χ4n) is 1.35. The minimum atomic E-state index is -0.529. The summed E-state index contributed by atoms with van der Waals surface area (Å²) in [5.74, 6) is 0. The van der Waals surface area contributed by atoms with Crippen molar-refractivity contribution in [3.63, 3.8) is 0 Å². The first-order valence-corrected chi connectivity index (χ1v) is 5.13. The van der Waals surface area contributed by atoms with E-state index in [0.29, 0.717) is 5.25 Å². The van der Waals surface area contributed by atoms with Crippen molar-refractivity contribution < 1.29 is 4.79 Å². The molecule has 0 aromatic heterocycles. The van der Waals surface area contributed by atoms with Crippen molar-refractivity contribution in [2.45, 2.75) is 37.4 Å². The predicted octanol–water partition coefficient (Wildman–Crippen LogP) is 1.14. The summed E-state index contributed by atoms with van der Waals surface area (Å²) in [5, 5.41) is 0.630. The van der Waals surface area contributed by atoms with E-state index in [-0.39, 0.29) is 0 Å². The van der Waals surface area contributed by atoms with Crippen LogP contribution < -0.4 is 16.0 Å². The molecule has 0 atom stereocenters. The molecular formula is C7H15N3OS. The number of primary amides is 1. The maximum absolute atomic E-state index is 10.3. The number of carbonyl (C=O) groups excluding carboxylic acids is 1. The molecule has 0 unspecified atom stereocenters. The van der Waals surface area contributed by atoms with Gasteiger partial charge in [0.25, 0.3) is 0 Å². The molecule has 4 N–H and O–H groups in total. The van der Waals surface area contributed by atoms with E-state index in [9.17, 15) is 4.79 Å². The van der Waals surface area contributed by atoms with E-state index in [1.807, 2.05) is 0 Å². The molecule has 0 aromatic carbocycles. The lowest BCUT2D eigenvalue weighted by Crippen LogP contribution is -2.38. The zero-order valence-corrected chi connectivity index (χ0v) is 7.82. The third kappa shape index (κ3) is 3.82. The maximum atomic E-state index is 10.3. The quantitative estimate of drug-likeness (QED) is 0.460. The zero-order chi connectivity index (χ0) is 8.81. The van der Waals surface area contributed by atoms with Gasteiger partial charge in [-0.05, 0) is 12.8 Å². The molecule has 0 aliphatic heterocycles. The van der Waals surface area contributed by atoms with E-state index in [4.69, 9.17) is 5.73 Å². The van der Waals surface area contributed by atoms with Crippen LogP contribution in [-0.4, -0.2) is 11.3 Å². The highest BCUT2D eigenvalue weighted by Crippen LogP contribution is 2.25. The van der Waals surface area contributed by atoms with Crippen molar-refractivity contribution in [2.24, 2.45) is 5.73 Å². The lowest BCUT2D eigenvalue weighted by molar-refractivity contribution is 0.248. The molecule has 2 amide bonds. The Morgan fingerprint density at radius 3 is 2.58 bits per heavy atom. The molecule has 0 radical (unpaired) electrons. The third-order valence-corrected chi connectivity index (χ3v) is 2.98. The smallest absolute Gasteiger partial charge is 0.327 e.